The number of hydrogen-bond donors (Lipinski definition) is 2. The molecular weight excluding hydrogens is 296 g/mol. The first kappa shape index (κ1) is 17.3. The lowest BCUT2D eigenvalue weighted by atomic mass is 10.4. The van der Waals surface area contributed by atoms with Crippen LogP contribution in [0.3, 0.4) is 0 Å². The number of carbonyl (C=O) groups is 1. The number of rotatable bonds is 9. The van der Waals surface area contributed by atoms with E-state index in [0.717, 1.165) is 18.0 Å². The van der Waals surface area contributed by atoms with Crippen molar-refractivity contribution in [3.63, 3.8) is 0 Å². The van der Waals surface area contributed by atoms with Crippen LogP contribution in [0.4, 0.5) is 0 Å². The Morgan fingerprint density at radius 3 is 2.80 bits per heavy atom. The Kier molecular flexibility index (Phi) is 8.69. The van der Waals surface area contributed by atoms with Crippen LogP contribution in [-0.2, 0) is 9.53 Å². The zero-order chi connectivity index (χ0) is 14.8. The molecule has 1 aromatic carbocycles. The van der Waals surface area contributed by atoms with Crippen LogP contribution in [0.25, 0.3) is 0 Å². The van der Waals surface area contributed by atoms with Gasteiger partial charge in [-0.15, -0.1) is 11.8 Å². The smallest absolute Gasteiger partial charge is 0.233 e. The number of benzene rings is 1. The SMILES string of the molecule is COCCNCCNC(=O)C(C)Sc1ccccc1Cl. The highest BCUT2D eigenvalue weighted by molar-refractivity contribution is 8.00. The van der Waals surface area contributed by atoms with Gasteiger partial charge in [-0.1, -0.05) is 23.7 Å². The standard InChI is InChI=1S/C14H21ClN2O2S/c1-11(20-13-6-4-3-5-12(13)15)14(18)17-8-7-16-9-10-19-2/h3-6,11,16H,7-10H2,1-2H3,(H,17,18). The van der Waals surface area contributed by atoms with Gasteiger partial charge in [-0.3, -0.25) is 4.79 Å². The first-order valence-corrected chi connectivity index (χ1v) is 7.79. The minimum absolute atomic E-state index is 0.0171. The molecule has 0 radical (unpaired) electrons. The second-order valence-electron chi connectivity index (χ2n) is 4.22. The van der Waals surface area contributed by atoms with Gasteiger partial charge in [0, 0.05) is 31.6 Å². The van der Waals surface area contributed by atoms with Crippen LogP contribution in [0.2, 0.25) is 5.02 Å². The maximum Gasteiger partial charge on any atom is 0.233 e. The Bertz CT molecular complexity index is 418. The van der Waals surface area contributed by atoms with Crippen LogP contribution in [0.15, 0.2) is 29.2 Å². The van der Waals surface area contributed by atoms with E-state index in [1.165, 1.54) is 11.8 Å². The first-order chi connectivity index (χ1) is 9.65. The van der Waals surface area contributed by atoms with E-state index in [1.54, 1.807) is 7.11 Å². The Labute approximate surface area is 129 Å². The molecule has 2 N–H and O–H groups in total. The molecule has 20 heavy (non-hydrogen) atoms. The van der Waals surface area contributed by atoms with Gasteiger partial charge in [0.1, 0.15) is 0 Å². The van der Waals surface area contributed by atoms with Crippen molar-refractivity contribution in [1.82, 2.24) is 10.6 Å². The van der Waals surface area contributed by atoms with E-state index < -0.39 is 0 Å². The highest BCUT2D eigenvalue weighted by Crippen LogP contribution is 2.29. The Balaban J connectivity index is 2.24. The predicted molar refractivity (Wildman–Crippen MR) is 84.5 cm³/mol. The van der Waals surface area contributed by atoms with Gasteiger partial charge in [-0.05, 0) is 19.1 Å². The number of nitrogens with one attached hydrogen (secondary N) is 2. The van der Waals surface area contributed by atoms with Crippen LogP contribution in [0.5, 0.6) is 0 Å². The summed E-state index contributed by atoms with van der Waals surface area (Å²) in [6.45, 7) is 4.68. The highest BCUT2D eigenvalue weighted by Gasteiger charge is 2.14. The van der Waals surface area contributed by atoms with E-state index in [0.29, 0.717) is 18.2 Å². The van der Waals surface area contributed by atoms with E-state index >= 15 is 0 Å². The summed E-state index contributed by atoms with van der Waals surface area (Å²) in [5, 5.41) is 6.57. The van der Waals surface area contributed by atoms with E-state index in [4.69, 9.17) is 16.3 Å². The van der Waals surface area contributed by atoms with E-state index in [9.17, 15) is 4.79 Å². The maximum absolute atomic E-state index is 11.9. The van der Waals surface area contributed by atoms with Crippen molar-refractivity contribution in [3.8, 4) is 0 Å². The molecule has 0 fully saturated rings. The van der Waals surface area contributed by atoms with Gasteiger partial charge in [0.2, 0.25) is 5.91 Å². The maximum atomic E-state index is 11.9. The van der Waals surface area contributed by atoms with Gasteiger partial charge in [0.05, 0.1) is 16.9 Å². The number of hydrogen-bond acceptors (Lipinski definition) is 4. The largest absolute Gasteiger partial charge is 0.383 e. The summed E-state index contributed by atoms with van der Waals surface area (Å²) in [6.07, 6.45) is 0. The minimum Gasteiger partial charge on any atom is -0.383 e. The van der Waals surface area contributed by atoms with Gasteiger partial charge in [-0.25, -0.2) is 0 Å². The number of ether oxygens (including phenoxy) is 1. The molecule has 0 bridgehead atoms. The summed E-state index contributed by atoms with van der Waals surface area (Å²) in [5.74, 6) is 0.0171. The summed E-state index contributed by atoms with van der Waals surface area (Å²) in [5.41, 5.74) is 0. The number of amides is 1. The monoisotopic (exact) mass is 316 g/mol. The Hall–Kier alpha value is -0.750. The Morgan fingerprint density at radius 2 is 2.10 bits per heavy atom. The van der Waals surface area contributed by atoms with Crippen molar-refractivity contribution >= 4 is 29.3 Å². The van der Waals surface area contributed by atoms with Crippen molar-refractivity contribution in [2.75, 3.05) is 33.4 Å². The quantitative estimate of drug-likeness (QED) is 0.541. The zero-order valence-corrected chi connectivity index (χ0v) is 13.4. The summed E-state index contributed by atoms with van der Waals surface area (Å²) in [7, 11) is 1.66. The summed E-state index contributed by atoms with van der Waals surface area (Å²) < 4.78 is 4.92. The lowest BCUT2D eigenvalue weighted by Crippen LogP contribution is -2.36. The molecule has 0 aliphatic rings. The molecule has 1 amide bonds. The third-order valence-corrected chi connectivity index (χ3v) is 4.21. The summed E-state index contributed by atoms with van der Waals surface area (Å²) >= 11 is 7.54. The molecule has 0 spiro atoms. The lowest BCUT2D eigenvalue weighted by Gasteiger charge is -2.13. The van der Waals surface area contributed by atoms with Crippen LogP contribution in [-0.4, -0.2) is 44.5 Å². The van der Waals surface area contributed by atoms with Crippen molar-refractivity contribution in [1.29, 1.82) is 0 Å². The summed E-state index contributed by atoms with van der Waals surface area (Å²) in [4.78, 5) is 12.8. The van der Waals surface area contributed by atoms with Crippen molar-refractivity contribution < 1.29 is 9.53 Å². The van der Waals surface area contributed by atoms with Crippen molar-refractivity contribution in [2.24, 2.45) is 0 Å². The van der Waals surface area contributed by atoms with Crippen LogP contribution in [0.1, 0.15) is 6.92 Å². The second kappa shape index (κ2) is 10.0. The zero-order valence-electron chi connectivity index (χ0n) is 11.8. The van der Waals surface area contributed by atoms with Crippen LogP contribution in [0, 0.1) is 0 Å². The fourth-order valence-corrected chi connectivity index (χ4v) is 2.68. The highest BCUT2D eigenvalue weighted by atomic mass is 35.5. The summed E-state index contributed by atoms with van der Waals surface area (Å²) in [6, 6.07) is 7.54. The lowest BCUT2D eigenvalue weighted by molar-refractivity contribution is -0.120. The Morgan fingerprint density at radius 1 is 1.35 bits per heavy atom. The minimum atomic E-state index is -0.172. The van der Waals surface area contributed by atoms with Gasteiger partial charge in [-0.2, -0.15) is 0 Å². The van der Waals surface area contributed by atoms with Crippen molar-refractivity contribution in [2.45, 2.75) is 17.1 Å². The van der Waals surface area contributed by atoms with E-state index in [1.807, 2.05) is 31.2 Å². The van der Waals surface area contributed by atoms with Crippen LogP contribution >= 0.6 is 23.4 Å². The molecule has 1 rings (SSSR count). The van der Waals surface area contributed by atoms with Gasteiger partial charge in [0.15, 0.2) is 0 Å². The third kappa shape index (κ3) is 6.61. The molecule has 0 aliphatic heterocycles. The molecule has 0 saturated heterocycles. The molecule has 1 unspecified atom stereocenters. The fourth-order valence-electron chi connectivity index (χ4n) is 1.50. The van der Waals surface area contributed by atoms with Crippen LogP contribution < -0.4 is 10.6 Å². The molecule has 6 heteroatoms. The molecule has 1 atom stereocenters. The molecule has 0 saturated carbocycles. The van der Waals surface area contributed by atoms with E-state index in [-0.39, 0.29) is 11.2 Å². The normalized spacial score (nSPS) is 12.2. The fraction of sp³-hybridized carbons (Fsp3) is 0.500. The number of halogens is 1. The molecular formula is C14H21ClN2O2S. The van der Waals surface area contributed by atoms with Gasteiger partial charge < -0.3 is 15.4 Å². The third-order valence-electron chi connectivity index (χ3n) is 2.59. The molecule has 0 aromatic heterocycles. The number of carbonyl (C=O) groups excluding carboxylic acids is 1. The van der Waals surface area contributed by atoms with Crippen molar-refractivity contribution in [3.05, 3.63) is 29.3 Å². The molecule has 112 valence electrons. The van der Waals surface area contributed by atoms with E-state index in [2.05, 4.69) is 10.6 Å². The number of methoxy groups -OCH3 is 1. The molecule has 0 heterocycles. The average Bonchev–Trinajstić information content (AvgIpc) is 2.44. The molecule has 1 aromatic rings. The van der Waals surface area contributed by atoms with Gasteiger partial charge in [0.25, 0.3) is 0 Å². The second-order valence-corrected chi connectivity index (χ2v) is 6.01. The molecule has 4 nitrogen and oxygen atoms in total. The van der Waals surface area contributed by atoms with Gasteiger partial charge >= 0.3 is 0 Å². The first-order valence-electron chi connectivity index (χ1n) is 6.53. The average molecular weight is 317 g/mol. The predicted octanol–water partition coefficient (Wildman–Crippen LogP) is 2.17. The molecule has 0 aliphatic carbocycles. The topological polar surface area (TPSA) is 50.4 Å². The number of thioether (sulfide) groups is 1.